The Kier molecular flexibility index (Phi) is 7.71. The summed E-state index contributed by atoms with van der Waals surface area (Å²) < 4.78 is 11.9. The van der Waals surface area contributed by atoms with Gasteiger partial charge in [0.05, 0.1) is 12.7 Å². The van der Waals surface area contributed by atoms with Gasteiger partial charge in [-0.1, -0.05) is 48.5 Å². The molecular weight excluding hydrogens is 424 g/mol. The van der Waals surface area contributed by atoms with Crippen LogP contribution >= 0.6 is 0 Å². The number of benzene rings is 4. The van der Waals surface area contributed by atoms with E-state index in [2.05, 4.69) is 6.92 Å². The van der Waals surface area contributed by atoms with E-state index >= 15 is 0 Å². The molecule has 0 saturated carbocycles. The Morgan fingerprint density at radius 3 is 1.44 bits per heavy atom. The summed E-state index contributed by atoms with van der Waals surface area (Å²) in [6, 6.07) is 30.5. The quantitative estimate of drug-likeness (QED) is 0.244. The van der Waals surface area contributed by atoms with E-state index in [9.17, 15) is 10.2 Å². The van der Waals surface area contributed by atoms with E-state index in [0.717, 1.165) is 53.0 Å². The van der Waals surface area contributed by atoms with Crippen LogP contribution in [-0.2, 0) is 0 Å². The van der Waals surface area contributed by atoms with Crippen LogP contribution in [0.5, 0.6) is 23.0 Å². The van der Waals surface area contributed by atoms with Crippen LogP contribution in [0.3, 0.4) is 0 Å². The molecule has 1 unspecified atom stereocenters. The average molecular weight is 455 g/mol. The first-order valence-electron chi connectivity index (χ1n) is 11.7. The van der Waals surface area contributed by atoms with Gasteiger partial charge < -0.3 is 19.7 Å². The van der Waals surface area contributed by atoms with E-state index in [1.807, 2.05) is 72.8 Å². The lowest BCUT2D eigenvalue weighted by Crippen LogP contribution is -2.12. The molecule has 0 aromatic heterocycles. The molecular formula is C30H30O4. The van der Waals surface area contributed by atoms with Gasteiger partial charge in [-0.3, -0.25) is 0 Å². The summed E-state index contributed by atoms with van der Waals surface area (Å²) in [4.78, 5) is 0. The highest BCUT2D eigenvalue weighted by Gasteiger charge is 2.06. The lowest BCUT2D eigenvalue weighted by Gasteiger charge is -2.15. The van der Waals surface area contributed by atoms with Gasteiger partial charge in [0.25, 0.3) is 0 Å². The number of rotatable bonds is 10. The van der Waals surface area contributed by atoms with Crippen molar-refractivity contribution < 1.29 is 19.7 Å². The van der Waals surface area contributed by atoms with Gasteiger partial charge in [-0.05, 0) is 97.0 Å². The minimum atomic E-state index is 0.129. The van der Waals surface area contributed by atoms with Crippen LogP contribution in [0.2, 0.25) is 0 Å². The second-order valence-corrected chi connectivity index (χ2v) is 8.42. The maximum atomic E-state index is 9.43. The Morgan fingerprint density at radius 2 is 0.971 bits per heavy atom. The van der Waals surface area contributed by atoms with Crippen molar-refractivity contribution >= 4 is 0 Å². The summed E-state index contributed by atoms with van der Waals surface area (Å²) in [7, 11) is 0. The van der Waals surface area contributed by atoms with Crippen molar-refractivity contribution in [1.82, 2.24) is 0 Å². The lowest BCUT2D eigenvalue weighted by molar-refractivity contribution is 0.201. The number of phenolic OH excluding ortho intramolecular Hbond substituents is 2. The molecule has 4 heteroatoms. The van der Waals surface area contributed by atoms with Crippen LogP contribution in [0.25, 0.3) is 22.3 Å². The average Bonchev–Trinajstić information content (AvgIpc) is 2.86. The third kappa shape index (κ3) is 6.55. The number of hydrogen-bond donors (Lipinski definition) is 2. The second kappa shape index (κ2) is 11.3. The van der Waals surface area contributed by atoms with E-state index in [1.54, 1.807) is 24.3 Å². The van der Waals surface area contributed by atoms with E-state index in [0.29, 0.717) is 6.61 Å². The molecule has 0 fully saturated rings. The molecule has 174 valence electrons. The van der Waals surface area contributed by atoms with Gasteiger partial charge in [-0.25, -0.2) is 0 Å². The monoisotopic (exact) mass is 454 g/mol. The molecule has 2 N–H and O–H groups in total. The van der Waals surface area contributed by atoms with Crippen LogP contribution in [0.1, 0.15) is 26.2 Å². The van der Waals surface area contributed by atoms with Gasteiger partial charge in [0, 0.05) is 0 Å². The Hall–Kier alpha value is -3.92. The highest BCUT2D eigenvalue weighted by molar-refractivity contribution is 5.65. The third-order valence-electron chi connectivity index (χ3n) is 5.72. The molecule has 0 bridgehead atoms. The van der Waals surface area contributed by atoms with E-state index < -0.39 is 0 Å². The van der Waals surface area contributed by atoms with Crippen molar-refractivity contribution in [1.29, 1.82) is 0 Å². The van der Waals surface area contributed by atoms with Crippen molar-refractivity contribution in [3.05, 3.63) is 97.1 Å². The predicted molar refractivity (Wildman–Crippen MR) is 137 cm³/mol. The lowest BCUT2D eigenvalue weighted by atomic mass is 10.1. The third-order valence-corrected chi connectivity index (χ3v) is 5.72. The van der Waals surface area contributed by atoms with Crippen LogP contribution in [-0.4, -0.2) is 22.9 Å². The standard InChI is InChI=1S/C30H30O4/c1-22(34-30-19-11-26(12-20-30)24-7-15-28(32)16-8-24)4-2-3-21-33-29-17-9-25(10-18-29)23-5-13-27(31)14-6-23/h5-20,22,31-32H,2-4,21H2,1H3. The Morgan fingerprint density at radius 1 is 0.559 bits per heavy atom. The van der Waals surface area contributed by atoms with Crippen molar-refractivity contribution in [3.8, 4) is 45.3 Å². The van der Waals surface area contributed by atoms with Crippen molar-refractivity contribution in [2.24, 2.45) is 0 Å². The minimum Gasteiger partial charge on any atom is -0.508 e. The molecule has 4 rings (SSSR count). The molecule has 0 amide bonds. The first-order chi connectivity index (χ1) is 16.6. The summed E-state index contributed by atoms with van der Waals surface area (Å²) >= 11 is 0. The highest BCUT2D eigenvalue weighted by Crippen LogP contribution is 2.26. The first kappa shape index (κ1) is 23.2. The summed E-state index contributed by atoms with van der Waals surface area (Å²) in [5.41, 5.74) is 4.31. The Balaban J connectivity index is 1.16. The van der Waals surface area contributed by atoms with Gasteiger partial charge in [-0.15, -0.1) is 0 Å². The molecule has 0 spiro atoms. The zero-order valence-electron chi connectivity index (χ0n) is 19.4. The van der Waals surface area contributed by atoms with Crippen molar-refractivity contribution in [2.45, 2.75) is 32.3 Å². The number of aromatic hydroxyl groups is 2. The first-order valence-corrected chi connectivity index (χ1v) is 11.7. The summed E-state index contributed by atoms with van der Waals surface area (Å²) in [6.45, 7) is 2.77. The molecule has 4 aromatic carbocycles. The smallest absolute Gasteiger partial charge is 0.119 e. The normalized spacial score (nSPS) is 11.7. The molecule has 0 aliphatic rings. The zero-order chi connectivity index (χ0) is 23.8. The van der Waals surface area contributed by atoms with E-state index in [4.69, 9.17) is 9.47 Å². The molecule has 0 radical (unpaired) electrons. The zero-order valence-corrected chi connectivity index (χ0v) is 19.4. The van der Waals surface area contributed by atoms with Crippen LogP contribution < -0.4 is 9.47 Å². The predicted octanol–water partition coefficient (Wildman–Crippen LogP) is 7.45. The molecule has 4 aromatic rings. The van der Waals surface area contributed by atoms with Crippen molar-refractivity contribution in [3.63, 3.8) is 0 Å². The Labute approximate surface area is 201 Å². The van der Waals surface area contributed by atoms with Crippen LogP contribution in [0.4, 0.5) is 0 Å². The van der Waals surface area contributed by atoms with Crippen LogP contribution in [0.15, 0.2) is 97.1 Å². The molecule has 1 atom stereocenters. The van der Waals surface area contributed by atoms with Gasteiger partial charge >= 0.3 is 0 Å². The maximum absolute atomic E-state index is 9.43. The highest BCUT2D eigenvalue weighted by atomic mass is 16.5. The minimum absolute atomic E-state index is 0.129. The molecule has 34 heavy (non-hydrogen) atoms. The summed E-state index contributed by atoms with van der Waals surface area (Å²) in [5.74, 6) is 2.26. The number of unbranched alkanes of at least 4 members (excludes halogenated alkanes) is 1. The number of ether oxygens (including phenoxy) is 2. The molecule has 0 saturated heterocycles. The fraction of sp³-hybridized carbons (Fsp3) is 0.200. The fourth-order valence-electron chi connectivity index (χ4n) is 3.79. The Bertz CT molecular complexity index is 1150. The number of hydrogen-bond acceptors (Lipinski definition) is 4. The van der Waals surface area contributed by atoms with Crippen molar-refractivity contribution in [2.75, 3.05) is 6.61 Å². The largest absolute Gasteiger partial charge is 0.508 e. The van der Waals surface area contributed by atoms with Gasteiger partial charge in [-0.2, -0.15) is 0 Å². The molecule has 4 nitrogen and oxygen atoms in total. The van der Waals surface area contributed by atoms with E-state index in [-0.39, 0.29) is 17.6 Å². The second-order valence-electron chi connectivity index (χ2n) is 8.42. The van der Waals surface area contributed by atoms with E-state index in [1.165, 1.54) is 0 Å². The van der Waals surface area contributed by atoms with Gasteiger partial charge in [0.1, 0.15) is 23.0 Å². The number of phenols is 2. The summed E-state index contributed by atoms with van der Waals surface area (Å²) in [6.07, 6.45) is 3.08. The van der Waals surface area contributed by atoms with Crippen LogP contribution in [0, 0.1) is 0 Å². The molecule has 0 heterocycles. The van der Waals surface area contributed by atoms with Gasteiger partial charge in [0.15, 0.2) is 0 Å². The molecule has 0 aliphatic carbocycles. The SMILES string of the molecule is CC(CCCCOc1ccc(-c2ccc(O)cc2)cc1)Oc1ccc(-c2ccc(O)cc2)cc1. The summed E-state index contributed by atoms with van der Waals surface area (Å²) in [5, 5.41) is 18.8. The van der Waals surface area contributed by atoms with Gasteiger partial charge in [0.2, 0.25) is 0 Å². The fourth-order valence-corrected chi connectivity index (χ4v) is 3.79. The molecule has 0 aliphatic heterocycles. The maximum Gasteiger partial charge on any atom is 0.119 e. The topological polar surface area (TPSA) is 58.9 Å².